The minimum atomic E-state index is -5.02. The van der Waals surface area contributed by atoms with Gasteiger partial charge in [-0.2, -0.15) is 4.39 Å². The molecular formula is C30H31F2NaO19S. The third-order valence-corrected chi connectivity index (χ3v) is 7.80. The van der Waals surface area contributed by atoms with Crippen molar-refractivity contribution >= 4 is 50.9 Å². The Hall–Kier alpha value is -3.77. The quantitative estimate of drug-likeness (QED) is 0.0735. The molecule has 2 aliphatic rings. The fourth-order valence-corrected chi connectivity index (χ4v) is 6.04. The van der Waals surface area contributed by atoms with Gasteiger partial charge in [-0.1, -0.05) is 0 Å². The van der Waals surface area contributed by atoms with Crippen molar-refractivity contribution in [1.29, 1.82) is 0 Å². The Balaban J connectivity index is 0.00000756. The minimum Gasteiger partial charge on any atom is -0.748 e. The van der Waals surface area contributed by atoms with Gasteiger partial charge in [0.1, 0.15) is 6.10 Å². The van der Waals surface area contributed by atoms with Crippen LogP contribution in [-0.2, 0) is 77.7 Å². The molecule has 8 atom stereocenters. The Morgan fingerprint density at radius 3 is 1.75 bits per heavy atom. The van der Waals surface area contributed by atoms with Crippen LogP contribution in [0.25, 0.3) is 11.0 Å². The summed E-state index contributed by atoms with van der Waals surface area (Å²) in [4.78, 5) is 72.3. The first-order chi connectivity index (χ1) is 24.2. The molecule has 0 N–H and O–H groups in total. The van der Waals surface area contributed by atoms with Gasteiger partial charge in [-0.3, -0.25) is 24.0 Å². The molecule has 2 fully saturated rings. The SMILES string of the molecule is CC(=O)OC1[C@H](O[C@@H]2CO[C@@H](Oc3c(F)cc4c(CS(=O)(=O)[O-])cc(=O)oc4c3F)C(OC(C)=O)[C@@H]2OC(C)=O)OC[C@@H](OC(C)=O)[C@H]1OC(C)=O.[Na+]. The summed E-state index contributed by atoms with van der Waals surface area (Å²) < 4.78 is 119. The number of hydrogen-bond acceptors (Lipinski definition) is 19. The van der Waals surface area contributed by atoms with Crippen LogP contribution in [0, 0.1) is 11.6 Å². The van der Waals surface area contributed by atoms with Crippen molar-refractivity contribution in [3.63, 3.8) is 0 Å². The van der Waals surface area contributed by atoms with Crippen molar-refractivity contribution < 1.29 is 122 Å². The van der Waals surface area contributed by atoms with E-state index in [-0.39, 0.29) is 29.6 Å². The molecule has 2 saturated heterocycles. The summed E-state index contributed by atoms with van der Waals surface area (Å²) in [6.07, 6.45) is -13.1. The van der Waals surface area contributed by atoms with Crippen molar-refractivity contribution in [3.05, 3.63) is 39.8 Å². The molecule has 0 radical (unpaired) electrons. The summed E-state index contributed by atoms with van der Waals surface area (Å²) in [5.41, 5.74) is -2.86. The molecule has 0 saturated carbocycles. The molecule has 0 amide bonds. The van der Waals surface area contributed by atoms with E-state index in [9.17, 15) is 41.7 Å². The van der Waals surface area contributed by atoms with Crippen LogP contribution in [0.15, 0.2) is 21.3 Å². The molecule has 23 heteroatoms. The van der Waals surface area contributed by atoms with Crippen molar-refractivity contribution in [2.24, 2.45) is 0 Å². The van der Waals surface area contributed by atoms with Crippen molar-refractivity contribution in [2.75, 3.05) is 13.2 Å². The van der Waals surface area contributed by atoms with E-state index in [0.717, 1.165) is 34.6 Å². The van der Waals surface area contributed by atoms with Crippen LogP contribution in [0.1, 0.15) is 40.2 Å². The van der Waals surface area contributed by atoms with Crippen LogP contribution in [0.3, 0.4) is 0 Å². The van der Waals surface area contributed by atoms with E-state index in [1.54, 1.807) is 0 Å². The van der Waals surface area contributed by atoms with Crippen LogP contribution in [0.2, 0.25) is 0 Å². The standard InChI is InChI=1S/C30H32F2O19S.Na/c1-11(33)44-19-8-42-29(27(47-14(4)36)25(19)45-12(2)34)49-20-9-43-30(28(48-15(5)37)26(20)46-13(3)35)51-24-18(31)7-17-16(10-52(39,40)41)6-21(38)50-23(17)22(24)32;/h6-7,19-20,25-30H,8-10H2,1-5H3,(H,39,40,41);/q;+1/p-1/t19-,20-,25-,26-,27?,28?,29+,30+;/m1./s1. The molecule has 2 aromatic rings. The van der Waals surface area contributed by atoms with Crippen molar-refractivity contribution in [2.45, 2.75) is 89.6 Å². The number of ether oxygens (including phenoxy) is 9. The fourth-order valence-electron chi connectivity index (χ4n) is 5.42. The third kappa shape index (κ3) is 11.4. The van der Waals surface area contributed by atoms with Gasteiger partial charge in [0.15, 0.2) is 47.9 Å². The Bertz CT molecular complexity index is 1900. The summed E-state index contributed by atoms with van der Waals surface area (Å²) in [5, 5.41) is -0.591. The topological polar surface area (TPSA) is 256 Å². The predicted molar refractivity (Wildman–Crippen MR) is 159 cm³/mol. The Labute approximate surface area is 320 Å². The van der Waals surface area contributed by atoms with Gasteiger partial charge >= 0.3 is 65.0 Å². The van der Waals surface area contributed by atoms with Crippen LogP contribution in [0.4, 0.5) is 8.78 Å². The van der Waals surface area contributed by atoms with Crippen LogP contribution in [0.5, 0.6) is 5.75 Å². The van der Waals surface area contributed by atoms with Gasteiger partial charge < -0.3 is 51.6 Å². The van der Waals surface area contributed by atoms with Gasteiger partial charge in [0.2, 0.25) is 18.2 Å². The van der Waals surface area contributed by atoms with Crippen LogP contribution < -0.4 is 39.9 Å². The smallest absolute Gasteiger partial charge is 0.748 e. The molecule has 3 heterocycles. The minimum absolute atomic E-state index is 0. The molecule has 4 rings (SSSR count). The van der Waals surface area contributed by atoms with E-state index in [0.29, 0.717) is 12.1 Å². The molecule has 1 aromatic heterocycles. The molecule has 1 aromatic carbocycles. The zero-order chi connectivity index (χ0) is 38.7. The van der Waals surface area contributed by atoms with Gasteiger partial charge in [-0.15, -0.1) is 0 Å². The Morgan fingerprint density at radius 2 is 1.23 bits per heavy atom. The van der Waals surface area contributed by atoms with Crippen molar-refractivity contribution in [1.82, 2.24) is 0 Å². The van der Waals surface area contributed by atoms with Gasteiger partial charge in [0, 0.05) is 46.1 Å². The Kier molecular flexibility index (Phi) is 14.8. The maximum atomic E-state index is 15.7. The van der Waals surface area contributed by atoms with E-state index >= 15 is 8.78 Å². The van der Waals surface area contributed by atoms with Crippen LogP contribution in [-0.4, -0.2) is 105 Å². The maximum Gasteiger partial charge on any atom is 1.00 e. The van der Waals surface area contributed by atoms with Gasteiger partial charge in [0.25, 0.3) is 0 Å². The summed E-state index contributed by atoms with van der Waals surface area (Å²) in [5.74, 6) is -10.4. The fraction of sp³-hybridized carbons (Fsp3) is 0.533. The Morgan fingerprint density at radius 1 is 0.755 bits per heavy atom. The van der Waals surface area contributed by atoms with Gasteiger partial charge in [0.05, 0.1) is 29.1 Å². The summed E-state index contributed by atoms with van der Waals surface area (Å²) in [7, 11) is -5.02. The van der Waals surface area contributed by atoms with Gasteiger partial charge in [-0.25, -0.2) is 17.6 Å². The first kappa shape index (κ1) is 43.6. The number of halogens is 2. The molecule has 0 bridgehead atoms. The molecule has 0 aliphatic carbocycles. The number of esters is 5. The number of rotatable bonds is 11. The second kappa shape index (κ2) is 18.0. The molecule has 53 heavy (non-hydrogen) atoms. The molecular weight excluding hydrogens is 757 g/mol. The van der Waals surface area contributed by atoms with E-state index in [1.807, 2.05) is 0 Å². The maximum absolute atomic E-state index is 15.7. The van der Waals surface area contributed by atoms with Crippen LogP contribution >= 0.6 is 0 Å². The molecule has 286 valence electrons. The largest absolute Gasteiger partial charge is 1.00 e. The molecule has 19 nitrogen and oxygen atoms in total. The average molecular weight is 789 g/mol. The van der Waals surface area contributed by atoms with E-state index < -0.39 is 148 Å². The van der Waals surface area contributed by atoms with E-state index in [2.05, 4.69) is 0 Å². The number of benzene rings is 1. The molecule has 2 unspecified atom stereocenters. The summed E-state index contributed by atoms with van der Waals surface area (Å²) >= 11 is 0. The first-order valence-electron chi connectivity index (χ1n) is 15.0. The first-order valence-corrected chi connectivity index (χ1v) is 16.6. The average Bonchev–Trinajstić information content (AvgIpc) is 2.99. The normalized spacial score (nSPS) is 25.7. The summed E-state index contributed by atoms with van der Waals surface area (Å²) in [6, 6.07) is 1.09. The molecule has 0 spiro atoms. The zero-order valence-corrected chi connectivity index (χ0v) is 31.6. The van der Waals surface area contributed by atoms with Gasteiger partial charge in [-0.05, 0) is 11.6 Å². The second-order valence-corrected chi connectivity index (χ2v) is 12.7. The second-order valence-electron chi connectivity index (χ2n) is 11.3. The number of fused-ring (bicyclic) bond motifs is 1. The summed E-state index contributed by atoms with van der Waals surface area (Å²) in [6.45, 7) is 3.82. The van der Waals surface area contributed by atoms with Crippen molar-refractivity contribution in [3.8, 4) is 5.75 Å². The zero-order valence-electron chi connectivity index (χ0n) is 28.8. The number of carbonyl (C=O) groups is 5. The molecule has 2 aliphatic heterocycles. The van der Waals surface area contributed by atoms with E-state index in [4.69, 9.17) is 47.0 Å². The van der Waals surface area contributed by atoms with E-state index in [1.165, 1.54) is 0 Å². The third-order valence-electron chi connectivity index (χ3n) is 7.14. The number of carbonyl (C=O) groups excluding carboxylic acids is 5. The monoisotopic (exact) mass is 788 g/mol. The number of hydrogen-bond donors (Lipinski definition) is 0. The predicted octanol–water partition coefficient (Wildman–Crippen LogP) is -2.74.